The Bertz CT molecular complexity index is 876. The monoisotopic (exact) mass is 412 g/mol. The molecule has 3 rings (SSSR count). The first kappa shape index (κ1) is 21.5. The number of nitrogens with two attached hydrogens (primary N) is 1. The van der Waals surface area contributed by atoms with Gasteiger partial charge in [-0.1, -0.05) is 30.3 Å². The molecule has 30 heavy (non-hydrogen) atoms. The van der Waals surface area contributed by atoms with E-state index in [1.165, 1.54) is 6.20 Å². The number of morpholine rings is 1. The molecule has 9 nitrogen and oxygen atoms in total. The number of nitrogen functional groups attached to an aromatic ring is 1. The minimum atomic E-state index is -0.419. The Balaban J connectivity index is 1.64. The van der Waals surface area contributed by atoms with E-state index in [2.05, 4.69) is 15.6 Å². The number of carbonyl (C=O) groups excluding carboxylic acids is 1. The predicted octanol–water partition coefficient (Wildman–Crippen LogP) is 2.22. The van der Waals surface area contributed by atoms with E-state index in [1.807, 2.05) is 42.2 Å². The highest BCUT2D eigenvalue weighted by Crippen LogP contribution is 2.19. The van der Waals surface area contributed by atoms with Crippen molar-refractivity contribution in [2.75, 3.05) is 44.5 Å². The zero-order valence-electron chi connectivity index (χ0n) is 17.2. The van der Waals surface area contributed by atoms with E-state index in [0.29, 0.717) is 49.2 Å². The molecule has 0 aliphatic carbocycles. The van der Waals surface area contributed by atoms with Crippen molar-refractivity contribution in [3.63, 3.8) is 0 Å². The van der Waals surface area contributed by atoms with Crippen molar-refractivity contribution in [1.82, 2.24) is 15.2 Å². The Morgan fingerprint density at radius 1 is 1.43 bits per heavy atom. The molecule has 0 saturated carbocycles. The molecule has 2 aromatic rings. The van der Waals surface area contributed by atoms with E-state index >= 15 is 0 Å². The highest BCUT2D eigenvalue weighted by atomic mass is 16.5. The quantitative estimate of drug-likeness (QED) is 0.426. The molecular formula is C21H28N6O3. The van der Waals surface area contributed by atoms with E-state index in [4.69, 9.17) is 20.6 Å². The van der Waals surface area contributed by atoms with Crippen LogP contribution in [0.5, 0.6) is 0 Å². The number of benzene rings is 1. The van der Waals surface area contributed by atoms with Crippen LogP contribution in [0.4, 0.5) is 16.3 Å². The summed E-state index contributed by atoms with van der Waals surface area (Å²) in [4.78, 5) is 18.6. The zero-order chi connectivity index (χ0) is 21.5. The molecular weight excluding hydrogens is 384 g/mol. The molecule has 0 spiro atoms. The second-order valence-corrected chi connectivity index (χ2v) is 7.15. The largest absolute Gasteiger partial charge is 0.398 e. The number of amidine groups is 1. The van der Waals surface area contributed by atoms with Crippen molar-refractivity contribution in [1.29, 1.82) is 5.41 Å². The summed E-state index contributed by atoms with van der Waals surface area (Å²) in [5.74, 6) is 0.608. The minimum absolute atomic E-state index is 0.0579. The Morgan fingerprint density at radius 3 is 2.87 bits per heavy atom. The van der Waals surface area contributed by atoms with Gasteiger partial charge in [-0.15, -0.1) is 0 Å². The number of amides is 2. The molecule has 160 valence electrons. The summed E-state index contributed by atoms with van der Waals surface area (Å²) >= 11 is 0. The Hall–Kier alpha value is -3.17. The second kappa shape index (κ2) is 10.0. The van der Waals surface area contributed by atoms with Crippen LogP contribution in [0.15, 0.2) is 42.6 Å². The summed E-state index contributed by atoms with van der Waals surface area (Å²) in [6.07, 6.45) is 1.57. The smallest absolute Gasteiger partial charge is 0.320 e. The van der Waals surface area contributed by atoms with Gasteiger partial charge in [0.1, 0.15) is 11.7 Å². The van der Waals surface area contributed by atoms with E-state index < -0.39 is 6.03 Å². The third kappa shape index (κ3) is 5.46. The van der Waals surface area contributed by atoms with Gasteiger partial charge in [-0.05, 0) is 12.5 Å². The third-order valence-electron chi connectivity index (χ3n) is 4.83. The van der Waals surface area contributed by atoms with Gasteiger partial charge in [-0.2, -0.15) is 0 Å². The summed E-state index contributed by atoms with van der Waals surface area (Å²) in [7, 11) is 1.58. The molecule has 0 bridgehead atoms. The number of rotatable bonds is 6. The van der Waals surface area contributed by atoms with E-state index in [9.17, 15) is 4.79 Å². The van der Waals surface area contributed by atoms with Gasteiger partial charge in [0, 0.05) is 38.1 Å². The van der Waals surface area contributed by atoms with Gasteiger partial charge in [-0.3, -0.25) is 10.7 Å². The fourth-order valence-electron chi connectivity index (χ4n) is 3.31. The number of methoxy groups -OCH3 is 1. The first-order valence-electron chi connectivity index (χ1n) is 9.80. The number of nitrogens with one attached hydrogen (secondary N) is 3. The molecule has 1 aromatic heterocycles. The highest BCUT2D eigenvalue weighted by Gasteiger charge is 2.22. The van der Waals surface area contributed by atoms with Crippen molar-refractivity contribution in [3.8, 4) is 0 Å². The lowest BCUT2D eigenvalue weighted by atomic mass is 10.1. The maximum Gasteiger partial charge on any atom is 0.320 e. The molecule has 1 unspecified atom stereocenters. The molecule has 2 heterocycles. The van der Waals surface area contributed by atoms with Crippen LogP contribution < -0.4 is 16.4 Å². The zero-order valence-corrected chi connectivity index (χ0v) is 17.2. The summed E-state index contributed by atoms with van der Waals surface area (Å²) in [6, 6.07) is 10.4. The van der Waals surface area contributed by atoms with Gasteiger partial charge in [0.05, 0.1) is 30.9 Å². The first-order valence-corrected chi connectivity index (χ1v) is 9.80. The average Bonchev–Trinajstić information content (AvgIpc) is 2.74. The van der Waals surface area contributed by atoms with Crippen LogP contribution in [-0.2, 0) is 9.47 Å². The summed E-state index contributed by atoms with van der Waals surface area (Å²) in [6.45, 7) is 4.13. The van der Waals surface area contributed by atoms with Gasteiger partial charge >= 0.3 is 6.03 Å². The second-order valence-electron chi connectivity index (χ2n) is 7.15. The first-order chi connectivity index (χ1) is 14.5. The van der Waals surface area contributed by atoms with E-state index in [-0.39, 0.29) is 12.1 Å². The highest BCUT2D eigenvalue weighted by molar-refractivity contribution is 6.01. The average molecular weight is 412 g/mol. The molecule has 0 radical (unpaired) electrons. The summed E-state index contributed by atoms with van der Waals surface area (Å²) in [5, 5.41) is 14.0. The van der Waals surface area contributed by atoms with Crippen molar-refractivity contribution in [3.05, 3.63) is 53.7 Å². The van der Waals surface area contributed by atoms with Crippen LogP contribution in [0.2, 0.25) is 0 Å². The maximum atomic E-state index is 12.5. The number of hydrogen-bond acceptors (Lipinski definition) is 6. The standard InChI is InChI=1S/C21H28N6O3/c1-14-12-27(8-9-30-14)20(23)16-11-24-19(10-17(16)22)26-21(28)25-18(13-29-2)15-6-4-3-5-7-15/h3-7,10-11,14,18,23H,8-9,12-13H2,1-2H3,(H4,22,24,25,26,28)/t14?,18-/m1/s1. The number of anilines is 2. The number of hydrogen-bond donors (Lipinski definition) is 4. The number of ether oxygens (including phenoxy) is 2. The lowest BCUT2D eigenvalue weighted by Gasteiger charge is -2.33. The molecule has 9 heteroatoms. The molecule has 1 saturated heterocycles. The number of aromatic nitrogens is 1. The molecule has 1 aliphatic rings. The van der Waals surface area contributed by atoms with Crippen LogP contribution in [0.3, 0.4) is 0 Å². The molecule has 2 atom stereocenters. The molecule has 2 amide bonds. The normalized spacial score (nSPS) is 17.3. The SMILES string of the molecule is COC[C@@H](NC(=O)Nc1cc(N)c(C(=N)N2CCOC(C)C2)cn1)c1ccccc1. The third-order valence-corrected chi connectivity index (χ3v) is 4.83. The van der Waals surface area contributed by atoms with Gasteiger partial charge in [-0.25, -0.2) is 9.78 Å². The van der Waals surface area contributed by atoms with E-state index in [1.54, 1.807) is 13.2 Å². The van der Waals surface area contributed by atoms with Gasteiger partial charge in [0.15, 0.2) is 0 Å². The van der Waals surface area contributed by atoms with Gasteiger partial charge in [0.25, 0.3) is 0 Å². The van der Waals surface area contributed by atoms with Crippen LogP contribution in [-0.4, -0.2) is 61.3 Å². The number of nitrogens with zero attached hydrogens (tertiary/aromatic N) is 2. The lowest BCUT2D eigenvalue weighted by molar-refractivity contribution is 0.00573. The maximum absolute atomic E-state index is 12.5. The van der Waals surface area contributed by atoms with Crippen molar-refractivity contribution >= 4 is 23.4 Å². The Morgan fingerprint density at radius 2 is 2.20 bits per heavy atom. The van der Waals surface area contributed by atoms with E-state index in [0.717, 1.165) is 5.56 Å². The van der Waals surface area contributed by atoms with Crippen molar-refractivity contribution in [2.45, 2.75) is 19.1 Å². The molecule has 1 aromatic carbocycles. The Kier molecular flexibility index (Phi) is 7.21. The van der Waals surface area contributed by atoms with Crippen LogP contribution in [0.25, 0.3) is 0 Å². The van der Waals surface area contributed by atoms with Crippen molar-refractivity contribution < 1.29 is 14.3 Å². The van der Waals surface area contributed by atoms with Crippen molar-refractivity contribution in [2.24, 2.45) is 0 Å². The fourth-order valence-corrected chi connectivity index (χ4v) is 3.31. The molecule has 1 aliphatic heterocycles. The summed E-state index contributed by atoms with van der Waals surface area (Å²) < 4.78 is 10.7. The Labute approximate surface area is 176 Å². The molecule has 1 fully saturated rings. The van der Waals surface area contributed by atoms with Gasteiger partial charge in [0.2, 0.25) is 0 Å². The fraction of sp³-hybridized carbons (Fsp3) is 0.381. The van der Waals surface area contributed by atoms with Crippen LogP contribution in [0, 0.1) is 5.41 Å². The minimum Gasteiger partial charge on any atom is -0.398 e. The molecule has 5 N–H and O–H groups in total. The summed E-state index contributed by atoms with van der Waals surface area (Å²) in [5.41, 5.74) is 7.99. The number of urea groups is 1. The predicted molar refractivity (Wildman–Crippen MR) is 116 cm³/mol. The van der Waals surface area contributed by atoms with Gasteiger partial charge < -0.3 is 25.4 Å². The van der Waals surface area contributed by atoms with Crippen LogP contribution in [0.1, 0.15) is 24.1 Å². The topological polar surface area (TPSA) is 126 Å². The van der Waals surface area contributed by atoms with Crippen LogP contribution >= 0.6 is 0 Å². The number of pyridine rings is 1. The lowest BCUT2D eigenvalue weighted by Crippen LogP contribution is -2.44. The number of carbonyl (C=O) groups is 1.